The van der Waals surface area contributed by atoms with Crippen LogP contribution in [0.4, 0.5) is 8.78 Å². The fraction of sp³-hybridized carbons (Fsp3) is 0.250. The van der Waals surface area contributed by atoms with Crippen LogP contribution in [0.3, 0.4) is 0 Å². The number of aryl methyl sites for hydroxylation is 1. The molecule has 0 radical (unpaired) electrons. The molecule has 1 aromatic heterocycles. The fourth-order valence-corrected chi connectivity index (χ4v) is 1.87. The monoisotopic (exact) mass is 291 g/mol. The van der Waals surface area contributed by atoms with Gasteiger partial charge in [0.05, 0.1) is 17.9 Å². The molecule has 5 heteroatoms. The maximum atomic E-state index is 13.8. The van der Waals surface area contributed by atoms with E-state index in [0.29, 0.717) is 11.8 Å². The third-order valence-electron chi connectivity index (χ3n) is 2.84. The maximum Gasteiger partial charge on any atom is 0.197 e. The highest BCUT2D eigenvalue weighted by Gasteiger charge is 2.17. The molecule has 0 N–H and O–H groups in total. The number of halogens is 2. The lowest BCUT2D eigenvalue weighted by molar-refractivity contribution is 0.103. The van der Waals surface area contributed by atoms with Gasteiger partial charge in [0.15, 0.2) is 5.78 Å². The quantitative estimate of drug-likeness (QED) is 0.807. The fourth-order valence-electron chi connectivity index (χ4n) is 1.87. The summed E-state index contributed by atoms with van der Waals surface area (Å²) in [6.45, 7) is 5.16. The summed E-state index contributed by atoms with van der Waals surface area (Å²) in [7, 11) is 0. The van der Waals surface area contributed by atoms with Gasteiger partial charge in [-0.05, 0) is 38.5 Å². The molecule has 21 heavy (non-hydrogen) atoms. The summed E-state index contributed by atoms with van der Waals surface area (Å²) in [6, 6.07) is 3.40. The number of carbonyl (C=O) groups excluding carboxylic acids is 1. The van der Waals surface area contributed by atoms with Crippen molar-refractivity contribution in [2.45, 2.75) is 26.9 Å². The molecule has 0 atom stereocenters. The minimum absolute atomic E-state index is 0.0676. The normalized spacial score (nSPS) is 10.8. The van der Waals surface area contributed by atoms with Gasteiger partial charge in [-0.2, -0.15) is 0 Å². The second-order valence-corrected chi connectivity index (χ2v) is 4.99. The Labute approximate surface area is 121 Å². The molecule has 1 aromatic carbocycles. The molecule has 2 rings (SSSR count). The van der Waals surface area contributed by atoms with Crippen LogP contribution in [0.25, 0.3) is 0 Å². The number of aromatic nitrogens is 1. The Morgan fingerprint density at radius 3 is 2.52 bits per heavy atom. The van der Waals surface area contributed by atoms with Gasteiger partial charge in [0, 0.05) is 17.8 Å². The van der Waals surface area contributed by atoms with Crippen molar-refractivity contribution in [3.63, 3.8) is 0 Å². The average molecular weight is 291 g/mol. The highest BCUT2D eigenvalue weighted by atomic mass is 19.1. The van der Waals surface area contributed by atoms with Crippen molar-refractivity contribution in [3.05, 3.63) is 58.9 Å². The van der Waals surface area contributed by atoms with E-state index in [0.717, 1.165) is 0 Å². The molecule has 2 aromatic rings. The van der Waals surface area contributed by atoms with Gasteiger partial charge in [0.25, 0.3) is 0 Å². The van der Waals surface area contributed by atoms with Crippen molar-refractivity contribution in [2.24, 2.45) is 0 Å². The number of rotatable bonds is 4. The van der Waals surface area contributed by atoms with Crippen molar-refractivity contribution in [2.75, 3.05) is 0 Å². The zero-order valence-corrected chi connectivity index (χ0v) is 12.0. The van der Waals surface area contributed by atoms with E-state index in [4.69, 9.17) is 4.74 Å². The van der Waals surface area contributed by atoms with Crippen LogP contribution in [0.1, 0.15) is 35.3 Å². The molecule has 3 nitrogen and oxygen atoms in total. The third kappa shape index (κ3) is 3.42. The SMILES string of the molecule is Cc1cc(C(=O)c2cncc(OC(C)C)c2)c(F)cc1F. The molecule has 0 saturated heterocycles. The van der Waals surface area contributed by atoms with Crippen molar-refractivity contribution >= 4 is 5.78 Å². The van der Waals surface area contributed by atoms with Crippen LogP contribution in [0.2, 0.25) is 0 Å². The molecule has 0 aliphatic rings. The summed E-state index contributed by atoms with van der Waals surface area (Å²) in [6.07, 6.45) is 2.73. The minimum atomic E-state index is -0.890. The van der Waals surface area contributed by atoms with Gasteiger partial charge in [-0.15, -0.1) is 0 Å². The molecule has 0 aliphatic heterocycles. The lowest BCUT2D eigenvalue weighted by atomic mass is 10.0. The van der Waals surface area contributed by atoms with Gasteiger partial charge in [-0.3, -0.25) is 9.78 Å². The Morgan fingerprint density at radius 2 is 1.86 bits per heavy atom. The topological polar surface area (TPSA) is 39.2 Å². The first-order valence-electron chi connectivity index (χ1n) is 6.50. The Hall–Kier alpha value is -2.30. The Morgan fingerprint density at radius 1 is 1.14 bits per heavy atom. The van der Waals surface area contributed by atoms with E-state index >= 15 is 0 Å². The largest absolute Gasteiger partial charge is 0.489 e. The highest BCUT2D eigenvalue weighted by Crippen LogP contribution is 2.20. The van der Waals surface area contributed by atoms with Crippen molar-refractivity contribution in [1.29, 1.82) is 0 Å². The van der Waals surface area contributed by atoms with Crippen LogP contribution in [-0.2, 0) is 0 Å². The number of hydrogen-bond donors (Lipinski definition) is 0. The number of hydrogen-bond acceptors (Lipinski definition) is 3. The number of ketones is 1. The summed E-state index contributed by atoms with van der Waals surface area (Å²) in [5, 5.41) is 0. The lowest BCUT2D eigenvalue weighted by Crippen LogP contribution is -2.09. The molecule has 110 valence electrons. The zero-order chi connectivity index (χ0) is 15.6. The molecule has 0 spiro atoms. The van der Waals surface area contributed by atoms with Gasteiger partial charge < -0.3 is 4.74 Å². The van der Waals surface area contributed by atoms with Crippen molar-refractivity contribution < 1.29 is 18.3 Å². The molecule has 1 heterocycles. The van der Waals surface area contributed by atoms with E-state index in [1.807, 2.05) is 13.8 Å². The number of benzene rings is 1. The Balaban J connectivity index is 2.38. The van der Waals surface area contributed by atoms with Crippen LogP contribution in [0.5, 0.6) is 5.75 Å². The molecule has 0 fully saturated rings. The Kier molecular flexibility index (Phi) is 4.31. The van der Waals surface area contributed by atoms with Crippen molar-refractivity contribution in [3.8, 4) is 5.75 Å². The first kappa shape index (κ1) is 15.1. The predicted molar refractivity (Wildman–Crippen MR) is 74.5 cm³/mol. The van der Waals surface area contributed by atoms with E-state index < -0.39 is 17.4 Å². The van der Waals surface area contributed by atoms with Crippen LogP contribution < -0.4 is 4.74 Å². The van der Waals surface area contributed by atoms with Gasteiger partial charge in [-0.1, -0.05) is 0 Å². The molecule has 0 saturated carbocycles. The maximum absolute atomic E-state index is 13.8. The smallest absolute Gasteiger partial charge is 0.197 e. The van der Waals surface area contributed by atoms with Crippen LogP contribution in [-0.4, -0.2) is 16.9 Å². The van der Waals surface area contributed by atoms with Crippen LogP contribution in [0.15, 0.2) is 30.6 Å². The highest BCUT2D eigenvalue weighted by molar-refractivity contribution is 6.09. The first-order chi connectivity index (χ1) is 9.88. The molecular weight excluding hydrogens is 276 g/mol. The third-order valence-corrected chi connectivity index (χ3v) is 2.84. The van der Waals surface area contributed by atoms with Gasteiger partial charge in [0.1, 0.15) is 17.4 Å². The molecule has 0 bridgehead atoms. The summed E-state index contributed by atoms with van der Waals surface area (Å²) in [4.78, 5) is 16.2. The molecule has 0 aliphatic carbocycles. The first-order valence-corrected chi connectivity index (χ1v) is 6.50. The van der Waals surface area contributed by atoms with Crippen molar-refractivity contribution in [1.82, 2.24) is 4.98 Å². The number of carbonyl (C=O) groups is 1. The molecule has 0 unspecified atom stereocenters. The summed E-state index contributed by atoms with van der Waals surface area (Å²) in [5.74, 6) is -1.70. The van der Waals surface area contributed by atoms with Crippen LogP contribution in [0, 0.1) is 18.6 Å². The summed E-state index contributed by atoms with van der Waals surface area (Å²) < 4.78 is 32.5. The number of pyridine rings is 1. The zero-order valence-electron chi connectivity index (χ0n) is 12.0. The molecular formula is C16H15F2NO2. The Bertz CT molecular complexity index is 684. The second kappa shape index (κ2) is 5.99. The van der Waals surface area contributed by atoms with Crippen LogP contribution >= 0.6 is 0 Å². The van der Waals surface area contributed by atoms with E-state index in [1.54, 1.807) is 0 Å². The van der Waals surface area contributed by atoms with Gasteiger partial charge in [0.2, 0.25) is 0 Å². The number of ether oxygens (including phenoxy) is 1. The summed E-state index contributed by atoms with van der Waals surface area (Å²) in [5.41, 5.74) is 0.220. The summed E-state index contributed by atoms with van der Waals surface area (Å²) >= 11 is 0. The number of nitrogens with zero attached hydrogens (tertiary/aromatic N) is 1. The van der Waals surface area contributed by atoms with Gasteiger partial charge in [-0.25, -0.2) is 8.78 Å². The predicted octanol–water partition coefficient (Wildman–Crippen LogP) is 3.69. The lowest BCUT2D eigenvalue weighted by Gasteiger charge is -2.10. The second-order valence-electron chi connectivity index (χ2n) is 4.99. The average Bonchev–Trinajstić information content (AvgIpc) is 2.41. The standard InChI is InChI=1S/C16H15F2NO2/c1-9(2)21-12-5-11(7-19-8-12)16(20)13-4-10(3)14(17)6-15(13)18/h4-9H,1-3H3. The van der Waals surface area contributed by atoms with Gasteiger partial charge >= 0.3 is 0 Å². The molecule has 0 amide bonds. The van der Waals surface area contributed by atoms with E-state index in [-0.39, 0.29) is 22.8 Å². The van der Waals surface area contributed by atoms with E-state index in [2.05, 4.69) is 4.98 Å². The van der Waals surface area contributed by atoms with E-state index in [1.165, 1.54) is 31.5 Å². The van der Waals surface area contributed by atoms with E-state index in [9.17, 15) is 13.6 Å². The minimum Gasteiger partial charge on any atom is -0.489 e.